The molecule has 0 aromatic heterocycles. The Morgan fingerprint density at radius 1 is 0.750 bits per heavy atom. The summed E-state index contributed by atoms with van der Waals surface area (Å²) in [6.45, 7) is -0.185. The summed E-state index contributed by atoms with van der Waals surface area (Å²) in [5.74, 6) is -7.81. The predicted molar refractivity (Wildman–Crippen MR) is 118 cm³/mol. The van der Waals surface area contributed by atoms with Gasteiger partial charge in [0.15, 0.2) is 0 Å². The van der Waals surface area contributed by atoms with E-state index in [1.807, 2.05) is 5.32 Å². The van der Waals surface area contributed by atoms with Crippen LogP contribution in [0.1, 0.15) is 31.2 Å². The summed E-state index contributed by atoms with van der Waals surface area (Å²) in [5, 5.41) is 33.0. The van der Waals surface area contributed by atoms with Crippen LogP contribution in [0.3, 0.4) is 0 Å². The molecule has 15 nitrogen and oxygen atoms in total. The van der Waals surface area contributed by atoms with Crippen molar-refractivity contribution < 1.29 is 53.6 Å². The number of carbonyl (C=O) groups is 7. The second-order valence-corrected chi connectivity index (χ2v) is 7.41. The van der Waals surface area contributed by atoms with Crippen molar-refractivity contribution in [3.8, 4) is 0 Å². The van der Waals surface area contributed by atoms with E-state index in [1.165, 1.54) is 0 Å². The quantitative estimate of drug-likeness (QED) is 0.144. The number of alkyl carbamates (subject to hydrolysis) is 1. The van der Waals surface area contributed by atoms with E-state index in [0.717, 1.165) is 0 Å². The van der Waals surface area contributed by atoms with E-state index in [2.05, 4.69) is 10.6 Å². The van der Waals surface area contributed by atoms with E-state index in [4.69, 9.17) is 25.8 Å². The maximum Gasteiger partial charge on any atom is 0.408 e. The average Bonchev–Trinajstić information content (AvgIpc) is 2.79. The first-order valence-corrected chi connectivity index (χ1v) is 10.4. The molecule has 0 bridgehead atoms. The Hall–Kier alpha value is -4.69. The van der Waals surface area contributed by atoms with Gasteiger partial charge in [0, 0.05) is 6.42 Å². The number of rotatable bonds is 15. The highest BCUT2D eigenvalue weighted by Gasteiger charge is 2.31. The third kappa shape index (κ3) is 11.4. The molecule has 0 aliphatic heterocycles. The van der Waals surface area contributed by atoms with E-state index in [-0.39, 0.29) is 6.61 Å². The van der Waals surface area contributed by atoms with Crippen molar-refractivity contribution in [2.75, 3.05) is 0 Å². The molecule has 0 aliphatic rings. The zero-order valence-electron chi connectivity index (χ0n) is 18.8. The summed E-state index contributed by atoms with van der Waals surface area (Å²) >= 11 is 0. The molecule has 196 valence electrons. The molecule has 0 saturated carbocycles. The van der Waals surface area contributed by atoms with Gasteiger partial charge >= 0.3 is 24.0 Å². The van der Waals surface area contributed by atoms with Gasteiger partial charge in [-0.25, -0.2) is 4.79 Å². The topological polar surface area (TPSA) is 252 Å². The van der Waals surface area contributed by atoms with E-state index in [1.54, 1.807) is 30.3 Å². The molecule has 4 amide bonds. The molecule has 0 spiro atoms. The molecule has 3 unspecified atom stereocenters. The van der Waals surface area contributed by atoms with Crippen LogP contribution in [0.5, 0.6) is 0 Å². The summed E-state index contributed by atoms with van der Waals surface area (Å²) in [5.41, 5.74) is 5.67. The molecule has 3 atom stereocenters. The maximum atomic E-state index is 12.7. The first-order valence-electron chi connectivity index (χ1n) is 10.4. The van der Waals surface area contributed by atoms with Crippen LogP contribution in [0.25, 0.3) is 0 Å². The summed E-state index contributed by atoms with van der Waals surface area (Å²) in [6.07, 6.45) is -4.07. The number of carbonyl (C=O) groups excluding carboxylic acids is 4. The first kappa shape index (κ1) is 29.3. The molecular formula is C21H26N4O11. The minimum absolute atomic E-state index is 0.185. The van der Waals surface area contributed by atoms with Crippen molar-refractivity contribution in [3.63, 3.8) is 0 Å². The van der Waals surface area contributed by atoms with Crippen LogP contribution >= 0.6 is 0 Å². The third-order valence-electron chi connectivity index (χ3n) is 4.52. The Bertz CT molecular complexity index is 983. The van der Waals surface area contributed by atoms with Crippen LogP contribution < -0.4 is 21.7 Å². The third-order valence-corrected chi connectivity index (χ3v) is 4.52. The van der Waals surface area contributed by atoms with Gasteiger partial charge < -0.3 is 41.7 Å². The number of carboxylic acid groups (broad SMARTS) is 3. The van der Waals surface area contributed by atoms with Gasteiger partial charge in [-0.1, -0.05) is 30.3 Å². The molecule has 0 fully saturated rings. The maximum absolute atomic E-state index is 12.7. The normalized spacial score (nSPS) is 12.8. The highest BCUT2D eigenvalue weighted by molar-refractivity contribution is 5.95. The Morgan fingerprint density at radius 2 is 1.28 bits per heavy atom. The Kier molecular flexibility index (Phi) is 11.9. The zero-order valence-corrected chi connectivity index (χ0v) is 18.8. The minimum Gasteiger partial charge on any atom is -0.481 e. The fourth-order valence-corrected chi connectivity index (χ4v) is 2.77. The second-order valence-electron chi connectivity index (χ2n) is 7.41. The average molecular weight is 510 g/mol. The number of carboxylic acids is 3. The monoisotopic (exact) mass is 510 g/mol. The number of nitrogens with two attached hydrogens (primary N) is 1. The molecule has 1 aromatic rings. The van der Waals surface area contributed by atoms with Crippen LogP contribution in [0.4, 0.5) is 4.79 Å². The Labute approximate surface area is 204 Å². The van der Waals surface area contributed by atoms with E-state index >= 15 is 0 Å². The lowest BCUT2D eigenvalue weighted by Crippen LogP contribution is -2.57. The molecule has 0 radical (unpaired) electrons. The standard InChI is InChI=1S/C21H26N4O11/c22-18(32)13(8-16(28)29)24-19(33)12(6-7-15(26)27)23-20(34)14(9-17(30)31)25-21(35)36-10-11-4-2-1-3-5-11/h1-5,12-14H,6-10H2,(H2,22,32)(H,23,34)(H,24,33)(H,25,35)(H,26,27)(H,28,29)(H,30,31). The lowest BCUT2D eigenvalue weighted by molar-refractivity contribution is -0.140. The minimum atomic E-state index is -1.73. The summed E-state index contributed by atoms with van der Waals surface area (Å²) in [6, 6.07) is 3.41. The Balaban J connectivity index is 2.94. The fraction of sp³-hybridized carbons (Fsp3) is 0.381. The van der Waals surface area contributed by atoms with Gasteiger partial charge in [0.25, 0.3) is 0 Å². The molecule has 0 heterocycles. The largest absolute Gasteiger partial charge is 0.481 e. The van der Waals surface area contributed by atoms with Crippen LogP contribution in [0, 0.1) is 0 Å². The molecule has 36 heavy (non-hydrogen) atoms. The van der Waals surface area contributed by atoms with Gasteiger partial charge in [0.2, 0.25) is 17.7 Å². The van der Waals surface area contributed by atoms with Gasteiger partial charge in [0.05, 0.1) is 12.8 Å². The van der Waals surface area contributed by atoms with Crippen molar-refractivity contribution in [1.29, 1.82) is 0 Å². The molecule has 15 heteroatoms. The van der Waals surface area contributed by atoms with Crippen molar-refractivity contribution in [1.82, 2.24) is 16.0 Å². The van der Waals surface area contributed by atoms with Crippen LogP contribution in [-0.2, 0) is 40.1 Å². The number of amides is 4. The van der Waals surface area contributed by atoms with Gasteiger partial charge in [-0.3, -0.25) is 28.8 Å². The number of ether oxygens (including phenoxy) is 1. The molecule has 1 rings (SSSR count). The number of benzene rings is 1. The molecular weight excluding hydrogens is 484 g/mol. The van der Waals surface area contributed by atoms with Gasteiger partial charge in [-0.2, -0.15) is 0 Å². The van der Waals surface area contributed by atoms with E-state index in [0.29, 0.717) is 5.56 Å². The van der Waals surface area contributed by atoms with Crippen molar-refractivity contribution >= 4 is 41.7 Å². The van der Waals surface area contributed by atoms with Gasteiger partial charge in [-0.05, 0) is 12.0 Å². The van der Waals surface area contributed by atoms with Crippen molar-refractivity contribution in [2.24, 2.45) is 5.73 Å². The van der Waals surface area contributed by atoms with E-state index in [9.17, 15) is 33.6 Å². The lowest BCUT2D eigenvalue weighted by atomic mass is 10.1. The Morgan fingerprint density at radius 3 is 1.81 bits per heavy atom. The van der Waals surface area contributed by atoms with Crippen molar-refractivity contribution in [3.05, 3.63) is 35.9 Å². The molecule has 0 aliphatic carbocycles. The summed E-state index contributed by atoms with van der Waals surface area (Å²) in [7, 11) is 0. The van der Waals surface area contributed by atoms with Crippen LogP contribution in [-0.4, -0.2) is 75.2 Å². The first-order chi connectivity index (χ1) is 16.9. The smallest absolute Gasteiger partial charge is 0.408 e. The predicted octanol–water partition coefficient (Wildman–Crippen LogP) is -1.45. The molecule has 1 aromatic carbocycles. The van der Waals surface area contributed by atoms with Crippen LogP contribution in [0.15, 0.2) is 30.3 Å². The van der Waals surface area contributed by atoms with Crippen molar-refractivity contribution in [2.45, 2.75) is 50.4 Å². The van der Waals surface area contributed by atoms with Gasteiger partial charge in [0.1, 0.15) is 24.7 Å². The number of hydrogen-bond donors (Lipinski definition) is 7. The number of primary amides is 1. The molecule has 0 saturated heterocycles. The number of hydrogen-bond acceptors (Lipinski definition) is 8. The lowest BCUT2D eigenvalue weighted by Gasteiger charge is -2.23. The fourth-order valence-electron chi connectivity index (χ4n) is 2.77. The number of aliphatic carboxylic acids is 3. The second kappa shape index (κ2) is 14.5. The summed E-state index contributed by atoms with van der Waals surface area (Å²) in [4.78, 5) is 81.8. The SMILES string of the molecule is NC(=O)C(CC(=O)O)NC(=O)C(CCC(=O)O)NC(=O)C(CC(=O)O)NC(=O)OCc1ccccc1. The zero-order chi connectivity index (χ0) is 27.3. The highest BCUT2D eigenvalue weighted by Crippen LogP contribution is 2.05. The van der Waals surface area contributed by atoms with E-state index < -0.39 is 85.5 Å². The molecule has 8 N–H and O–H groups in total. The number of nitrogens with one attached hydrogen (secondary N) is 3. The van der Waals surface area contributed by atoms with Gasteiger partial charge in [-0.15, -0.1) is 0 Å². The summed E-state index contributed by atoms with van der Waals surface area (Å²) < 4.78 is 4.95. The highest BCUT2D eigenvalue weighted by atomic mass is 16.5. The van der Waals surface area contributed by atoms with Crippen LogP contribution in [0.2, 0.25) is 0 Å².